The highest BCUT2D eigenvalue weighted by Crippen LogP contribution is 2.20. The molecule has 86 valence electrons. The molecule has 15 heavy (non-hydrogen) atoms. The second-order valence-corrected chi connectivity index (χ2v) is 5.03. The first-order valence-corrected chi connectivity index (χ1v) is 5.39. The Bertz CT molecular complexity index is 284. The van der Waals surface area contributed by atoms with Crippen LogP contribution in [0.1, 0.15) is 41.0 Å². The van der Waals surface area contributed by atoms with Gasteiger partial charge in [0.25, 0.3) is 0 Å². The maximum absolute atomic E-state index is 12.2. The van der Waals surface area contributed by atoms with Gasteiger partial charge in [-0.05, 0) is 34.6 Å². The van der Waals surface area contributed by atoms with E-state index in [-0.39, 0.29) is 23.9 Å². The van der Waals surface area contributed by atoms with E-state index in [1.807, 2.05) is 20.8 Å². The minimum absolute atomic E-state index is 0.00384. The Morgan fingerprint density at radius 1 is 1.40 bits per heavy atom. The molecule has 1 rings (SSSR count). The summed E-state index contributed by atoms with van der Waals surface area (Å²) in [4.78, 5) is 25.5. The zero-order chi connectivity index (χ0) is 11.8. The number of hydrogen-bond donors (Lipinski definition) is 1. The number of nitrogens with one attached hydrogen (secondary N) is 1. The minimum atomic E-state index is -0.786. The lowest BCUT2D eigenvalue weighted by molar-refractivity contribution is -0.140. The minimum Gasteiger partial charge on any atom is -0.342 e. The average molecular weight is 212 g/mol. The Morgan fingerprint density at radius 2 is 1.93 bits per heavy atom. The van der Waals surface area contributed by atoms with E-state index in [0.29, 0.717) is 6.42 Å². The summed E-state index contributed by atoms with van der Waals surface area (Å²) >= 11 is 0. The summed E-state index contributed by atoms with van der Waals surface area (Å²) in [6.07, 6.45) is 0.382. The summed E-state index contributed by atoms with van der Waals surface area (Å²) < 4.78 is 0. The normalized spacial score (nSPS) is 26.5. The number of nitrogens with zero attached hydrogens (tertiary/aromatic N) is 1. The molecule has 0 bridgehead atoms. The Balaban J connectivity index is 3.05. The van der Waals surface area contributed by atoms with Crippen LogP contribution in [-0.2, 0) is 9.59 Å². The largest absolute Gasteiger partial charge is 0.342 e. The molecule has 2 amide bonds. The number of rotatable bonds is 1. The fourth-order valence-electron chi connectivity index (χ4n) is 2.09. The highest BCUT2D eigenvalue weighted by atomic mass is 16.2. The van der Waals surface area contributed by atoms with Gasteiger partial charge in [0, 0.05) is 18.5 Å². The van der Waals surface area contributed by atoms with Gasteiger partial charge in [-0.1, -0.05) is 0 Å². The molecule has 0 aliphatic carbocycles. The monoisotopic (exact) mass is 212 g/mol. The van der Waals surface area contributed by atoms with Crippen LogP contribution in [-0.4, -0.2) is 34.3 Å². The summed E-state index contributed by atoms with van der Waals surface area (Å²) in [5.41, 5.74) is -0.786. The van der Waals surface area contributed by atoms with Crippen molar-refractivity contribution in [2.75, 3.05) is 0 Å². The van der Waals surface area contributed by atoms with E-state index in [4.69, 9.17) is 0 Å². The van der Waals surface area contributed by atoms with Crippen LogP contribution in [0.4, 0.5) is 0 Å². The van der Waals surface area contributed by atoms with E-state index in [0.717, 1.165) is 0 Å². The summed E-state index contributed by atoms with van der Waals surface area (Å²) in [5.74, 6) is -0.0557. The highest BCUT2D eigenvalue weighted by Gasteiger charge is 2.40. The topological polar surface area (TPSA) is 49.4 Å². The molecule has 4 nitrogen and oxygen atoms in total. The van der Waals surface area contributed by atoms with E-state index in [1.165, 1.54) is 0 Å². The molecule has 1 aliphatic rings. The first-order valence-electron chi connectivity index (χ1n) is 5.39. The van der Waals surface area contributed by atoms with Crippen molar-refractivity contribution in [1.82, 2.24) is 10.2 Å². The molecule has 1 fully saturated rings. The predicted molar refractivity (Wildman–Crippen MR) is 58.3 cm³/mol. The molecule has 1 unspecified atom stereocenters. The molecule has 4 heteroatoms. The molecule has 0 spiro atoms. The van der Waals surface area contributed by atoms with Crippen molar-refractivity contribution < 1.29 is 9.59 Å². The molecule has 0 aromatic carbocycles. The molecule has 1 atom stereocenters. The molecule has 1 N–H and O–H groups in total. The summed E-state index contributed by atoms with van der Waals surface area (Å²) in [6, 6.07) is 0.0961. The molecule has 1 saturated heterocycles. The molecule has 0 aromatic heterocycles. The van der Waals surface area contributed by atoms with Gasteiger partial charge >= 0.3 is 0 Å². The first kappa shape index (κ1) is 12.0. The maximum atomic E-state index is 12.2. The zero-order valence-corrected chi connectivity index (χ0v) is 10.1. The lowest BCUT2D eigenvalue weighted by Gasteiger charge is -2.35. The Morgan fingerprint density at radius 3 is 2.40 bits per heavy atom. The second kappa shape index (κ2) is 3.83. The van der Waals surface area contributed by atoms with E-state index < -0.39 is 5.54 Å². The summed E-state index contributed by atoms with van der Waals surface area (Å²) in [5, 5.41) is 2.75. The number of carbonyl (C=O) groups is 2. The van der Waals surface area contributed by atoms with E-state index in [1.54, 1.807) is 18.7 Å². The molecule has 1 aliphatic heterocycles. The third-order valence-electron chi connectivity index (χ3n) is 2.73. The van der Waals surface area contributed by atoms with Crippen molar-refractivity contribution in [3.05, 3.63) is 0 Å². The van der Waals surface area contributed by atoms with Gasteiger partial charge in [-0.3, -0.25) is 9.59 Å². The average Bonchev–Trinajstić information content (AvgIpc) is 2.06. The van der Waals surface area contributed by atoms with Gasteiger partial charge in [-0.2, -0.15) is 0 Å². The lowest BCUT2D eigenvalue weighted by atomic mass is 10.0. The zero-order valence-electron chi connectivity index (χ0n) is 10.1. The third kappa shape index (κ3) is 2.30. The first-order chi connectivity index (χ1) is 6.75. The number of amides is 2. The van der Waals surface area contributed by atoms with Crippen molar-refractivity contribution in [2.24, 2.45) is 0 Å². The van der Waals surface area contributed by atoms with Gasteiger partial charge in [-0.25, -0.2) is 0 Å². The van der Waals surface area contributed by atoms with Crippen LogP contribution >= 0.6 is 0 Å². The SMILES string of the molecule is CC(C)N1C(=O)C(C)(C)NC(=O)CC1C. The molecular weight excluding hydrogens is 192 g/mol. The lowest BCUT2D eigenvalue weighted by Crippen LogP contribution is -2.55. The number of carbonyl (C=O) groups excluding carboxylic acids is 2. The van der Waals surface area contributed by atoms with Crippen LogP contribution in [0.2, 0.25) is 0 Å². The third-order valence-corrected chi connectivity index (χ3v) is 2.73. The van der Waals surface area contributed by atoms with Gasteiger partial charge in [0.2, 0.25) is 11.8 Å². The van der Waals surface area contributed by atoms with Crippen LogP contribution in [0, 0.1) is 0 Å². The molecule has 0 radical (unpaired) electrons. The van der Waals surface area contributed by atoms with Crippen LogP contribution in [0.25, 0.3) is 0 Å². The molecule has 0 saturated carbocycles. The van der Waals surface area contributed by atoms with Crippen LogP contribution in [0.15, 0.2) is 0 Å². The van der Waals surface area contributed by atoms with Crippen molar-refractivity contribution in [3.8, 4) is 0 Å². The quantitative estimate of drug-likeness (QED) is 0.702. The van der Waals surface area contributed by atoms with E-state index in [9.17, 15) is 9.59 Å². The van der Waals surface area contributed by atoms with Crippen molar-refractivity contribution in [2.45, 2.75) is 58.7 Å². The second-order valence-electron chi connectivity index (χ2n) is 5.03. The molecular formula is C11H20N2O2. The van der Waals surface area contributed by atoms with Gasteiger partial charge < -0.3 is 10.2 Å². The predicted octanol–water partition coefficient (Wildman–Crippen LogP) is 0.910. The van der Waals surface area contributed by atoms with E-state index in [2.05, 4.69) is 5.32 Å². The Hall–Kier alpha value is -1.06. The fraction of sp³-hybridized carbons (Fsp3) is 0.818. The standard InChI is InChI=1S/C11H20N2O2/c1-7(2)13-8(3)6-9(14)12-11(4,5)10(13)15/h7-8H,6H2,1-5H3,(H,12,14). The van der Waals surface area contributed by atoms with Crippen molar-refractivity contribution in [1.29, 1.82) is 0 Å². The summed E-state index contributed by atoms with van der Waals surface area (Å²) in [6.45, 7) is 9.36. The van der Waals surface area contributed by atoms with Crippen LogP contribution < -0.4 is 5.32 Å². The van der Waals surface area contributed by atoms with Gasteiger partial charge in [-0.15, -0.1) is 0 Å². The van der Waals surface area contributed by atoms with Crippen molar-refractivity contribution in [3.63, 3.8) is 0 Å². The smallest absolute Gasteiger partial charge is 0.248 e. The van der Waals surface area contributed by atoms with Crippen molar-refractivity contribution >= 4 is 11.8 Å². The molecule has 1 heterocycles. The Labute approximate surface area is 91.0 Å². The summed E-state index contributed by atoms with van der Waals surface area (Å²) in [7, 11) is 0. The van der Waals surface area contributed by atoms with Gasteiger partial charge in [0.15, 0.2) is 0 Å². The van der Waals surface area contributed by atoms with Gasteiger partial charge in [0.1, 0.15) is 5.54 Å². The fourth-order valence-corrected chi connectivity index (χ4v) is 2.09. The number of hydrogen-bond acceptors (Lipinski definition) is 2. The Kier molecular flexibility index (Phi) is 3.07. The van der Waals surface area contributed by atoms with E-state index >= 15 is 0 Å². The maximum Gasteiger partial charge on any atom is 0.248 e. The van der Waals surface area contributed by atoms with Crippen LogP contribution in [0.5, 0.6) is 0 Å². The van der Waals surface area contributed by atoms with Gasteiger partial charge in [0.05, 0.1) is 0 Å². The van der Waals surface area contributed by atoms with Crippen LogP contribution in [0.3, 0.4) is 0 Å². The molecule has 0 aromatic rings. The highest BCUT2D eigenvalue weighted by molar-refractivity contribution is 5.93.